The van der Waals surface area contributed by atoms with Gasteiger partial charge in [0.05, 0.1) is 6.54 Å². The Morgan fingerprint density at radius 2 is 1.84 bits per heavy atom. The van der Waals surface area contributed by atoms with E-state index in [1.807, 2.05) is 63.2 Å². The zero-order valence-corrected chi connectivity index (χ0v) is 19.4. The summed E-state index contributed by atoms with van der Waals surface area (Å²) in [7, 11) is 0. The Kier molecular flexibility index (Phi) is 6.02. The number of aromatic nitrogens is 1. The number of hydrogen-bond donors (Lipinski definition) is 1. The van der Waals surface area contributed by atoms with E-state index in [1.165, 1.54) is 4.88 Å². The summed E-state index contributed by atoms with van der Waals surface area (Å²) in [5.74, 6) is -0.611. The topological polar surface area (TPSA) is 71.4 Å². The van der Waals surface area contributed by atoms with Crippen molar-refractivity contribution in [2.75, 3.05) is 6.54 Å². The highest BCUT2D eigenvalue weighted by atomic mass is 32.1. The summed E-state index contributed by atoms with van der Waals surface area (Å²) < 4.78 is 2.12. The summed E-state index contributed by atoms with van der Waals surface area (Å²) in [4.78, 5) is 41.5. The lowest BCUT2D eigenvalue weighted by molar-refractivity contribution is -0.131. The molecule has 166 valence electrons. The number of carbonyl (C=O) groups is 3. The Balaban J connectivity index is 1.53. The van der Waals surface area contributed by atoms with E-state index in [-0.39, 0.29) is 18.2 Å². The predicted octanol–water partition coefficient (Wildman–Crippen LogP) is 4.45. The van der Waals surface area contributed by atoms with Crippen LogP contribution in [-0.4, -0.2) is 33.7 Å². The molecule has 1 aliphatic heterocycles. The van der Waals surface area contributed by atoms with E-state index >= 15 is 0 Å². The molecule has 0 aliphatic carbocycles. The minimum Gasteiger partial charge on any atom is -0.348 e. The molecule has 1 aliphatic rings. The summed E-state index contributed by atoms with van der Waals surface area (Å²) in [5, 5.41) is 4.90. The second-order valence-corrected chi connectivity index (χ2v) is 9.17. The quantitative estimate of drug-likeness (QED) is 0.408. The van der Waals surface area contributed by atoms with E-state index in [0.717, 1.165) is 34.8 Å². The first-order chi connectivity index (χ1) is 15.4. The summed E-state index contributed by atoms with van der Waals surface area (Å²) in [6.07, 6.45) is 1.30. The highest BCUT2D eigenvalue weighted by Gasteiger charge is 2.51. The number of nitrogens with one attached hydrogen (secondary N) is 1. The van der Waals surface area contributed by atoms with Gasteiger partial charge in [-0.3, -0.25) is 14.5 Å². The Morgan fingerprint density at radius 1 is 1.09 bits per heavy atom. The van der Waals surface area contributed by atoms with Gasteiger partial charge >= 0.3 is 6.03 Å². The molecule has 1 fully saturated rings. The van der Waals surface area contributed by atoms with Crippen molar-refractivity contribution in [2.24, 2.45) is 0 Å². The fourth-order valence-corrected chi connectivity index (χ4v) is 5.16. The van der Waals surface area contributed by atoms with Gasteiger partial charge in [-0.15, -0.1) is 11.3 Å². The minimum atomic E-state index is -1.13. The average molecular weight is 450 g/mol. The van der Waals surface area contributed by atoms with Crippen molar-refractivity contribution in [1.29, 1.82) is 0 Å². The van der Waals surface area contributed by atoms with Crippen LogP contribution in [0.15, 0.2) is 53.9 Å². The Hall–Kier alpha value is -3.19. The number of imide groups is 1. The van der Waals surface area contributed by atoms with Crippen LogP contribution in [0.3, 0.4) is 0 Å². The molecule has 7 heteroatoms. The molecule has 1 saturated heterocycles. The molecule has 6 nitrogen and oxygen atoms in total. The third-order valence-corrected chi connectivity index (χ3v) is 7.25. The minimum absolute atomic E-state index is 0.232. The maximum Gasteiger partial charge on any atom is 0.325 e. The van der Waals surface area contributed by atoms with Crippen molar-refractivity contribution in [3.63, 3.8) is 0 Å². The average Bonchev–Trinajstić information content (AvgIpc) is 3.47. The summed E-state index contributed by atoms with van der Waals surface area (Å²) in [6.45, 7) is 6.26. The third-order valence-electron chi connectivity index (χ3n) is 6.31. The molecule has 1 aromatic carbocycles. The normalized spacial score (nSPS) is 18.3. The summed E-state index contributed by atoms with van der Waals surface area (Å²) in [5.41, 5.74) is 2.01. The van der Waals surface area contributed by atoms with E-state index in [9.17, 15) is 14.4 Å². The van der Waals surface area contributed by atoms with Gasteiger partial charge in [0.25, 0.3) is 5.91 Å². The predicted molar refractivity (Wildman–Crippen MR) is 125 cm³/mol. The number of amides is 3. The van der Waals surface area contributed by atoms with Crippen molar-refractivity contribution in [3.05, 3.63) is 81.3 Å². The second kappa shape index (κ2) is 8.74. The lowest BCUT2D eigenvalue weighted by Gasteiger charge is -2.25. The van der Waals surface area contributed by atoms with Crippen molar-refractivity contribution in [1.82, 2.24) is 14.8 Å². The van der Waals surface area contributed by atoms with Gasteiger partial charge in [-0.2, -0.15) is 0 Å². The van der Waals surface area contributed by atoms with Gasteiger partial charge < -0.3 is 9.88 Å². The van der Waals surface area contributed by atoms with Crippen molar-refractivity contribution >= 4 is 29.1 Å². The van der Waals surface area contributed by atoms with E-state index in [1.54, 1.807) is 11.3 Å². The van der Waals surface area contributed by atoms with Crippen LogP contribution in [0.25, 0.3) is 0 Å². The second-order valence-electron chi connectivity index (χ2n) is 8.14. The Labute approximate surface area is 191 Å². The molecule has 1 N–H and O–H groups in total. The largest absolute Gasteiger partial charge is 0.348 e. The van der Waals surface area contributed by atoms with Gasteiger partial charge in [0.1, 0.15) is 5.54 Å². The Bertz CT molecular complexity index is 1150. The zero-order valence-electron chi connectivity index (χ0n) is 18.6. The van der Waals surface area contributed by atoms with Crippen LogP contribution in [0.2, 0.25) is 0 Å². The molecule has 3 amide bonds. The van der Waals surface area contributed by atoms with Gasteiger partial charge in [-0.05, 0) is 49.8 Å². The van der Waals surface area contributed by atoms with E-state index in [2.05, 4.69) is 21.3 Å². The SMILES string of the molecule is CC[C@]1(c2ccccc2)NC(=O)N(CC(=O)c2cc(C)n(CCc3cccs3)c2C)C1=O. The molecule has 0 saturated carbocycles. The fraction of sp³-hybridized carbons (Fsp3) is 0.320. The van der Waals surface area contributed by atoms with Crippen molar-refractivity contribution in [3.8, 4) is 0 Å². The fourth-order valence-electron chi connectivity index (χ4n) is 4.46. The number of urea groups is 1. The number of aryl methyl sites for hydroxylation is 2. The number of ketones is 1. The first-order valence-corrected chi connectivity index (χ1v) is 11.7. The molecule has 32 heavy (non-hydrogen) atoms. The van der Waals surface area contributed by atoms with Crippen LogP contribution in [0.5, 0.6) is 0 Å². The first-order valence-electron chi connectivity index (χ1n) is 10.8. The van der Waals surface area contributed by atoms with Crippen LogP contribution in [-0.2, 0) is 23.3 Å². The first kappa shape index (κ1) is 22.0. The molecule has 0 bridgehead atoms. The van der Waals surface area contributed by atoms with Crippen LogP contribution in [0.4, 0.5) is 4.79 Å². The van der Waals surface area contributed by atoms with Gasteiger partial charge in [0.15, 0.2) is 5.78 Å². The van der Waals surface area contributed by atoms with Crippen molar-refractivity contribution in [2.45, 2.75) is 45.7 Å². The molecule has 0 radical (unpaired) electrons. The van der Waals surface area contributed by atoms with E-state index < -0.39 is 11.6 Å². The highest BCUT2D eigenvalue weighted by Crippen LogP contribution is 2.32. The molecule has 3 heterocycles. The van der Waals surface area contributed by atoms with Crippen LogP contribution >= 0.6 is 11.3 Å². The van der Waals surface area contributed by atoms with E-state index in [0.29, 0.717) is 12.0 Å². The van der Waals surface area contributed by atoms with Gasteiger partial charge in [0, 0.05) is 28.4 Å². The standard InChI is InChI=1S/C25H27N3O3S/c1-4-25(19-9-6-5-7-10-19)23(30)28(24(31)26-25)16-22(29)21-15-17(2)27(18(21)3)13-12-20-11-8-14-32-20/h5-11,14-15H,4,12-13,16H2,1-3H3,(H,26,31)/t25-/m1/s1. The smallest absolute Gasteiger partial charge is 0.325 e. The van der Waals surface area contributed by atoms with Gasteiger partial charge in [-0.1, -0.05) is 43.3 Å². The zero-order chi connectivity index (χ0) is 22.9. The number of rotatable bonds is 8. The maximum atomic E-state index is 13.3. The molecule has 1 atom stereocenters. The molecule has 3 aromatic rings. The number of nitrogens with zero attached hydrogens (tertiary/aromatic N) is 2. The van der Waals surface area contributed by atoms with Crippen LogP contribution in [0, 0.1) is 13.8 Å². The number of benzene rings is 1. The van der Waals surface area contributed by atoms with Crippen molar-refractivity contribution < 1.29 is 14.4 Å². The molecular weight excluding hydrogens is 422 g/mol. The third kappa shape index (κ3) is 3.77. The highest BCUT2D eigenvalue weighted by molar-refractivity contribution is 7.09. The number of hydrogen-bond acceptors (Lipinski definition) is 4. The maximum absolute atomic E-state index is 13.3. The lowest BCUT2D eigenvalue weighted by atomic mass is 9.87. The molecule has 0 unspecified atom stereocenters. The number of thiophene rings is 1. The number of Topliss-reactive ketones (excluding diaryl/α,β-unsaturated/α-hetero) is 1. The Morgan fingerprint density at radius 3 is 2.50 bits per heavy atom. The molecular formula is C25H27N3O3S. The van der Waals surface area contributed by atoms with Gasteiger partial charge in [0.2, 0.25) is 0 Å². The van der Waals surface area contributed by atoms with Crippen LogP contribution in [0.1, 0.15) is 45.5 Å². The molecule has 4 rings (SSSR count). The molecule has 2 aromatic heterocycles. The van der Waals surface area contributed by atoms with E-state index in [4.69, 9.17) is 0 Å². The summed E-state index contributed by atoms with van der Waals surface area (Å²) in [6, 6.07) is 14.7. The number of carbonyl (C=O) groups excluding carboxylic acids is 3. The van der Waals surface area contributed by atoms with Crippen LogP contribution < -0.4 is 5.32 Å². The monoisotopic (exact) mass is 449 g/mol. The van der Waals surface area contributed by atoms with Gasteiger partial charge in [-0.25, -0.2) is 4.79 Å². The lowest BCUT2D eigenvalue weighted by Crippen LogP contribution is -2.43. The summed E-state index contributed by atoms with van der Waals surface area (Å²) >= 11 is 1.72. The molecule has 0 spiro atoms.